The molecule has 0 radical (unpaired) electrons. The molecule has 5 nitrogen and oxygen atoms in total. The molecule has 3 rings (SSSR count). The number of nitrogens with zero attached hydrogens (tertiary/aromatic N) is 3. The van der Waals surface area contributed by atoms with Gasteiger partial charge in [0.2, 0.25) is 5.95 Å². The Labute approximate surface area is 169 Å². The third-order valence-electron chi connectivity index (χ3n) is 3.29. The predicted octanol–water partition coefficient (Wildman–Crippen LogP) is 5.23. The second-order valence-corrected chi connectivity index (χ2v) is 6.86. The Balaban J connectivity index is 1.63. The van der Waals surface area contributed by atoms with Crippen molar-refractivity contribution in [3.05, 3.63) is 69.2 Å². The standard InChI is InChI=1S/C16H11Cl3FN5S/c17-10-2-4-14(13(19)5-10)22-16(26)23-15-21-8-25(24-15)7-9-1-3-11(20)6-12(9)18/h1-6,8H,7H2,(H2,22,23,24,26). The van der Waals surface area contributed by atoms with Gasteiger partial charge in [-0.25, -0.2) is 14.1 Å². The van der Waals surface area contributed by atoms with Gasteiger partial charge in [0.25, 0.3) is 0 Å². The van der Waals surface area contributed by atoms with Crippen molar-refractivity contribution in [2.24, 2.45) is 0 Å². The molecule has 0 amide bonds. The maximum atomic E-state index is 13.1. The lowest BCUT2D eigenvalue weighted by Gasteiger charge is -2.09. The second-order valence-electron chi connectivity index (χ2n) is 5.20. The Morgan fingerprint density at radius 3 is 2.62 bits per heavy atom. The molecule has 0 unspecified atom stereocenters. The molecule has 134 valence electrons. The van der Waals surface area contributed by atoms with Gasteiger partial charge in [0.1, 0.15) is 12.1 Å². The summed E-state index contributed by atoms with van der Waals surface area (Å²) in [5, 5.41) is 11.6. The second kappa shape index (κ2) is 8.18. The van der Waals surface area contributed by atoms with Gasteiger partial charge in [-0.1, -0.05) is 40.9 Å². The molecule has 2 aromatic carbocycles. The molecule has 0 aliphatic carbocycles. The summed E-state index contributed by atoms with van der Waals surface area (Å²) >= 11 is 23.2. The quantitative estimate of drug-likeness (QED) is 0.555. The van der Waals surface area contributed by atoms with Gasteiger partial charge in [-0.3, -0.25) is 5.32 Å². The molecule has 0 fully saturated rings. The molecule has 0 aliphatic heterocycles. The van der Waals surface area contributed by atoms with E-state index in [-0.39, 0.29) is 5.11 Å². The number of anilines is 2. The van der Waals surface area contributed by atoms with Crippen LogP contribution >= 0.6 is 47.0 Å². The first-order valence-corrected chi connectivity index (χ1v) is 8.81. The third kappa shape index (κ3) is 4.82. The first kappa shape index (κ1) is 18.8. The molecule has 26 heavy (non-hydrogen) atoms. The van der Waals surface area contributed by atoms with Crippen molar-refractivity contribution >= 4 is 63.8 Å². The fourth-order valence-electron chi connectivity index (χ4n) is 2.10. The minimum atomic E-state index is -0.392. The molecule has 0 bridgehead atoms. The minimum Gasteiger partial charge on any atom is -0.331 e. The maximum absolute atomic E-state index is 13.1. The van der Waals surface area contributed by atoms with Gasteiger partial charge in [0, 0.05) is 10.0 Å². The molecule has 3 aromatic rings. The van der Waals surface area contributed by atoms with E-state index in [2.05, 4.69) is 20.7 Å². The molecule has 0 atom stereocenters. The van der Waals surface area contributed by atoms with Crippen molar-refractivity contribution in [1.82, 2.24) is 14.8 Å². The van der Waals surface area contributed by atoms with E-state index >= 15 is 0 Å². The lowest BCUT2D eigenvalue weighted by atomic mass is 10.2. The Morgan fingerprint density at radius 2 is 1.88 bits per heavy atom. The number of thiocarbonyl (C=S) groups is 1. The molecule has 0 saturated heterocycles. The minimum absolute atomic E-state index is 0.270. The van der Waals surface area contributed by atoms with E-state index in [0.717, 1.165) is 5.56 Å². The Bertz CT molecular complexity index is 963. The zero-order valence-electron chi connectivity index (χ0n) is 13.0. The predicted molar refractivity (Wildman–Crippen MR) is 107 cm³/mol. The largest absolute Gasteiger partial charge is 0.331 e. The summed E-state index contributed by atoms with van der Waals surface area (Å²) in [5.74, 6) is -0.0946. The van der Waals surface area contributed by atoms with Gasteiger partial charge >= 0.3 is 0 Å². The molecule has 0 aliphatic rings. The van der Waals surface area contributed by atoms with E-state index in [0.29, 0.717) is 33.2 Å². The van der Waals surface area contributed by atoms with Crippen molar-refractivity contribution in [2.45, 2.75) is 6.54 Å². The van der Waals surface area contributed by atoms with E-state index in [1.165, 1.54) is 18.5 Å². The number of benzene rings is 2. The lowest BCUT2D eigenvalue weighted by molar-refractivity contribution is 0.624. The average Bonchev–Trinajstić information content (AvgIpc) is 3.00. The van der Waals surface area contributed by atoms with E-state index in [1.54, 1.807) is 28.9 Å². The number of rotatable bonds is 4. The fourth-order valence-corrected chi connectivity index (χ4v) is 2.98. The molecule has 1 aromatic heterocycles. The Morgan fingerprint density at radius 1 is 1.08 bits per heavy atom. The van der Waals surface area contributed by atoms with Crippen LogP contribution in [0.4, 0.5) is 16.0 Å². The molecular formula is C16H11Cl3FN5S. The number of nitrogens with one attached hydrogen (secondary N) is 2. The topological polar surface area (TPSA) is 54.8 Å². The molecule has 0 spiro atoms. The molecule has 1 heterocycles. The van der Waals surface area contributed by atoms with Crippen LogP contribution < -0.4 is 10.6 Å². The SMILES string of the molecule is Fc1ccc(Cn2cnc(NC(=S)Nc3ccc(Cl)cc3Cl)n2)c(Cl)c1. The molecule has 0 saturated carbocycles. The summed E-state index contributed by atoms with van der Waals surface area (Å²) in [6.07, 6.45) is 1.51. The van der Waals surface area contributed by atoms with Crippen molar-refractivity contribution in [3.8, 4) is 0 Å². The monoisotopic (exact) mass is 429 g/mol. The van der Waals surface area contributed by atoms with E-state index < -0.39 is 5.82 Å². The van der Waals surface area contributed by atoms with Crippen LogP contribution in [-0.4, -0.2) is 19.9 Å². The van der Waals surface area contributed by atoms with Crippen LogP contribution in [-0.2, 0) is 6.54 Å². The summed E-state index contributed by atoms with van der Waals surface area (Å²) in [6, 6.07) is 9.20. The fraction of sp³-hybridized carbons (Fsp3) is 0.0625. The summed E-state index contributed by atoms with van der Waals surface area (Å²) in [4.78, 5) is 4.12. The van der Waals surface area contributed by atoms with Gasteiger partial charge in [-0.05, 0) is 48.1 Å². The highest BCUT2D eigenvalue weighted by atomic mass is 35.5. The number of aromatic nitrogens is 3. The maximum Gasteiger partial charge on any atom is 0.248 e. The van der Waals surface area contributed by atoms with Crippen molar-refractivity contribution in [1.29, 1.82) is 0 Å². The van der Waals surface area contributed by atoms with E-state index in [1.807, 2.05) is 0 Å². The Hall–Kier alpha value is -1.93. The summed E-state index contributed by atoms with van der Waals surface area (Å²) < 4.78 is 14.7. The van der Waals surface area contributed by atoms with Gasteiger partial charge in [-0.15, -0.1) is 5.10 Å². The van der Waals surface area contributed by atoms with Gasteiger partial charge < -0.3 is 5.32 Å². The highest BCUT2D eigenvalue weighted by Crippen LogP contribution is 2.25. The van der Waals surface area contributed by atoms with Gasteiger partial charge in [-0.2, -0.15) is 0 Å². The molecule has 2 N–H and O–H groups in total. The summed E-state index contributed by atoms with van der Waals surface area (Å²) in [6.45, 7) is 0.344. The zero-order valence-corrected chi connectivity index (χ0v) is 16.1. The van der Waals surface area contributed by atoms with Crippen molar-refractivity contribution in [2.75, 3.05) is 10.6 Å². The number of hydrogen-bond donors (Lipinski definition) is 2. The Kier molecular flexibility index (Phi) is 5.93. The van der Waals surface area contributed by atoms with Crippen LogP contribution in [0.5, 0.6) is 0 Å². The average molecular weight is 431 g/mol. The van der Waals surface area contributed by atoms with Crippen LogP contribution in [0.1, 0.15) is 5.56 Å². The number of halogens is 4. The van der Waals surface area contributed by atoms with Crippen molar-refractivity contribution in [3.63, 3.8) is 0 Å². The normalized spacial score (nSPS) is 10.6. The first-order chi connectivity index (χ1) is 12.4. The van der Waals surface area contributed by atoms with Crippen LogP contribution in [0.15, 0.2) is 42.7 Å². The molecule has 10 heteroatoms. The van der Waals surface area contributed by atoms with Crippen molar-refractivity contribution < 1.29 is 4.39 Å². The highest BCUT2D eigenvalue weighted by Gasteiger charge is 2.08. The van der Waals surface area contributed by atoms with Gasteiger partial charge in [0.05, 0.1) is 17.3 Å². The highest BCUT2D eigenvalue weighted by molar-refractivity contribution is 7.80. The smallest absolute Gasteiger partial charge is 0.248 e. The van der Waals surface area contributed by atoms with Crippen LogP contribution in [0.25, 0.3) is 0 Å². The summed E-state index contributed by atoms with van der Waals surface area (Å²) in [5.41, 5.74) is 1.32. The third-order valence-corrected chi connectivity index (χ3v) is 4.39. The van der Waals surface area contributed by atoms with Crippen LogP contribution in [0.2, 0.25) is 15.1 Å². The van der Waals surface area contributed by atoms with Gasteiger partial charge in [0.15, 0.2) is 5.11 Å². The first-order valence-electron chi connectivity index (χ1n) is 7.27. The van der Waals surface area contributed by atoms with E-state index in [4.69, 9.17) is 47.0 Å². The van der Waals surface area contributed by atoms with Crippen LogP contribution in [0.3, 0.4) is 0 Å². The zero-order chi connectivity index (χ0) is 18.7. The number of hydrogen-bond acceptors (Lipinski definition) is 3. The van der Waals surface area contributed by atoms with E-state index in [9.17, 15) is 4.39 Å². The van der Waals surface area contributed by atoms with Crippen LogP contribution in [0, 0.1) is 5.82 Å². The molecular weight excluding hydrogens is 420 g/mol. The lowest BCUT2D eigenvalue weighted by Crippen LogP contribution is -2.20. The summed E-state index contributed by atoms with van der Waals surface area (Å²) in [7, 11) is 0.